The molecule has 2 aromatic rings. The quantitative estimate of drug-likeness (QED) is 0.832. The predicted molar refractivity (Wildman–Crippen MR) is 78.6 cm³/mol. The van der Waals surface area contributed by atoms with Crippen LogP contribution in [-0.2, 0) is 6.54 Å². The molecular weight excluding hydrogens is 252 g/mol. The van der Waals surface area contributed by atoms with Crippen molar-refractivity contribution >= 4 is 11.4 Å². The average molecular weight is 272 g/mol. The third kappa shape index (κ3) is 2.45. The molecule has 3 rings (SSSR count). The van der Waals surface area contributed by atoms with Crippen LogP contribution in [-0.4, -0.2) is 20.2 Å². The number of rotatable bonds is 3. The molecule has 6 nitrogen and oxygen atoms in total. The van der Waals surface area contributed by atoms with Crippen molar-refractivity contribution in [2.45, 2.75) is 32.7 Å². The van der Waals surface area contributed by atoms with Crippen LogP contribution in [0.1, 0.15) is 26.2 Å². The van der Waals surface area contributed by atoms with E-state index < -0.39 is 0 Å². The van der Waals surface area contributed by atoms with Gasteiger partial charge in [-0.2, -0.15) is 0 Å². The lowest BCUT2D eigenvalue weighted by Crippen LogP contribution is -2.11. The van der Waals surface area contributed by atoms with Gasteiger partial charge in [-0.3, -0.25) is 0 Å². The Morgan fingerprint density at radius 1 is 1.30 bits per heavy atom. The second kappa shape index (κ2) is 5.11. The smallest absolute Gasteiger partial charge is 0.184 e. The Hall–Kier alpha value is -2.11. The van der Waals surface area contributed by atoms with E-state index in [1.54, 1.807) is 6.07 Å². The van der Waals surface area contributed by atoms with Gasteiger partial charge in [0.15, 0.2) is 5.82 Å². The summed E-state index contributed by atoms with van der Waals surface area (Å²) in [6.45, 7) is 3.16. The summed E-state index contributed by atoms with van der Waals surface area (Å²) in [5, 5.41) is 12.0. The van der Waals surface area contributed by atoms with E-state index in [0.717, 1.165) is 23.9 Å². The van der Waals surface area contributed by atoms with Crippen LogP contribution in [0.4, 0.5) is 11.4 Å². The normalized spacial score (nSPS) is 22.2. The van der Waals surface area contributed by atoms with Crippen LogP contribution in [0, 0.1) is 11.8 Å². The fourth-order valence-corrected chi connectivity index (χ4v) is 3.04. The molecule has 2 atom stereocenters. The highest BCUT2D eigenvalue weighted by molar-refractivity contribution is 5.74. The van der Waals surface area contributed by atoms with Gasteiger partial charge < -0.3 is 11.5 Å². The van der Waals surface area contributed by atoms with E-state index in [0.29, 0.717) is 17.3 Å². The molecule has 1 aliphatic rings. The number of nitrogens with zero attached hydrogens (tertiary/aromatic N) is 4. The summed E-state index contributed by atoms with van der Waals surface area (Å²) in [7, 11) is 0. The fourth-order valence-electron chi connectivity index (χ4n) is 3.04. The first kappa shape index (κ1) is 12.9. The number of hydrogen-bond acceptors (Lipinski definition) is 5. The van der Waals surface area contributed by atoms with Gasteiger partial charge in [-0.15, -0.1) is 5.10 Å². The maximum Gasteiger partial charge on any atom is 0.184 e. The molecule has 1 aromatic carbocycles. The van der Waals surface area contributed by atoms with Crippen molar-refractivity contribution in [1.82, 2.24) is 20.2 Å². The summed E-state index contributed by atoms with van der Waals surface area (Å²) in [6, 6.07) is 5.44. The summed E-state index contributed by atoms with van der Waals surface area (Å²) in [5.41, 5.74) is 13.9. The molecular formula is C14H20N6. The molecule has 20 heavy (non-hydrogen) atoms. The highest BCUT2D eigenvalue weighted by Crippen LogP contribution is 2.32. The number of benzene rings is 1. The lowest BCUT2D eigenvalue weighted by atomic mass is 10.1. The predicted octanol–water partition coefficient (Wildman–Crippen LogP) is 1.94. The van der Waals surface area contributed by atoms with E-state index in [1.165, 1.54) is 19.3 Å². The van der Waals surface area contributed by atoms with Crippen LogP contribution in [0.15, 0.2) is 18.2 Å². The van der Waals surface area contributed by atoms with Crippen LogP contribution < -0.4 is 11.5 Å². The van der Waals surface area contributed by atoms with Crippen LogP contribution in [0.2, 0.25) is 0 Å². The molecule has 106 valence electrons. The second-order valence-electron chi connectivity index (χ2n) is 5.82. The van der Waals surface area contributed by atoms with Gasteiger partial charge in [0.05, 0.1) is 0 Å². The third-order valence-corrected chi connectivity index (χ3v) is 4.08. The highest BCUT2D eigenvalue weighted by Gasteiger charge is 2.23. The number of aromatic nitrogens is 4. The molecule has 1 heterocycles. The van der Waals surface area contributed by atoms with E-state index in [-0.39, 0.29) is 0 Å². The molecule has 6 heteroatoms. The third-order valence-electron chi connectivity index (χ3n) is 4.08. The highest BCUT2D eigenvalue weighted by atomic mass is 15.5. The summed E-state index contributed by atoms with van der Waals surface area (Å²) >= 11 is 0. The molecule has 2 unspecified atom stereocenters. The monoisotopic (exact) mass is 272 g/mol. The number of nitrogen functional groups attached to an aromatic ring is 2. The van der Waals surface area contributed by atoms with E-state index in [2.05, 4.69) is 22.4 Å². The van der Waals surface area contributed by atoms with Crippen LogP contribution in [0.25, 0.3) is 11.4 Å². The molecule has 1 aromatic heterocycles. The van der Waals surface area contributed by atoms with Gasteiger partial charge in [-0.25, -0.2) is 4.68 Å². The van der Waals surface area contributed by atoms with E-state index >= 15 is 0 Å². The van der Waals surface area contributed by atoms with Gasteiger partial charge >= 0.3 is 0 Å². The van der Waals surface area contributed by atoms with E-state index in [4.69, 9.17) is 11.5 Å². The first-order valence-electron chi connectivity index (χ1n) is 7.05. The van der Waals surface area contributed by atoms with Gasteiger partial charge in [-0.05, 0) is 53.3 Å². The maximum absolute atomic E-state index is 6.02. The number of anilines is 2. The molecule has 4 N–H and O–H groups in total. The largest absolute Gasteiger partial charge is 0.399 e. The Kier molecular flexibility index (Phi) is 3.30. The Morgan fingerprint density at radius 2 is 2.15 bits per heavy atom. The SMILES string of the molecule is CC1CCC(Cn2nnnc2-c2ccc(N)cc2N)C1. The van der Waals surface area contributed by atoms with Gasteiger partial charge in [0.1, 0.15) is 0 Å². The van der Waals surface area contributed by atoms with Crippen LogP contribution >= 0.6 is 0 Å². The van der Waals surface area contributed by atoms with Crippen LogP contribution in [0.3, 0.4) is 0 Å². The standard InChI is InChI=1S/C14H20N6/c1-9-2-3-10(6-9)8-20-14(17-18-19-20)12-5-4-11(15)7-13(12)16/h4-5,7,9-10H,2-3,6,8,15-16H2,1H3. The zero-order valence-corrected chi connectivity index (χ0v) is 11.7. The minimum absolute atomic E-state index is 0.612. The summed E-state index contributed by atoms with van der Waals surface area (Å²) < 4.78 is 1.87. The molecule has 0 spiro atoms. The Bertz CT molecular complexity index is 605. The summed E-state index contributed by atoms with van der Waals surface area (Å²) in [6.07, 6.45) is 3.79. The van der Waals surface area contributed by atoms with Gasteiger partial charge in [-0.1, -0.05) is 13.3 Å². The van der Waals surface area contributed by atoms with E-state index in [1.807, 2.05) is 16.8 Å². The molecule has 0 aliphatic heterocycles. The van der Waals surface area contributed by atoms with Gasteiger partial charge in [0.2, 0.25) is 0 Å². The maximum atomic E-state index is 6.02. The van der Waals surface area contributed by atoms with Crippen molar-refractivity contribution in [3.8, 4) is 11.4 Å². The summed E-state index contributed by atoms with van der Waals surface area (Å²) in [4.78, 5) is 0. The number of tetrazole rings is 1. The van der Waals surface area contributed by atoms with Crippen molar-refractivity contribution < 1.29 is 0 Å². The molecule has 1 fully saturated rings. The zero-order chi connectivity index (χ0) is 14.1. The van der Waals surface area contributed by atoms with Crippen molar-refractivity contribution in [3.63, 3.8) is 0 Å². The topological polar surface area (TPSA) is 95.6 Å². The number of hydrogen-bond donors (Lipinski definition) is 2. The van der Waals surface area contributed by atoms with Crippen molar-refractivity contribution in [3.05, 3.63) is 18.2 Å². The average Bonchev–Trinajstić information content (AvgIpc) is 3.00. The first-order valence-corrected chi connectivity index (χ1v) is 7.05. The summed E-state index contributed by atoms with van der Waals surface area (Å²) in [5.74, 6) is 2.19. The van der Waals surface area contributed by atoms with E-state index in [9.17, 15) is 0 Å². The Balaban J connectivity index is 1.86. The second-order valence-corrected chi connectivity index (χ2v) is 5.82. The minimum atomic E-state index is 0.612. The molecule has 0 amide bonds. The minimum Gasteiger partial charge on any atom is -0.399 e. The van der Waals surface area contributed by atoms with Crippen molar-refractivity contribution in [2.75, 3.05) is 11.5 Å². The van der Waals surface area contributed by atoms with Crippen molar-refractivity contribution in [2.24, 2.45) is 11.8 Å². The first-order chi connectivity index (χ1) is 9.63. The molecule has 1 aliphatic carbocycles. The van der Waals surface area contributed by atoms with Gasteiger partial charge in [0.25, 0.3) is 0 Å². The number of nitrogens with two attached hydrogens (primary N) is 2. The van der Waals surface area contributed by atoms with Gasteiger partial charge in [0, 0.05) is 23.5 Å². The Morgan fingerprint density at radius 3 is 2.85 bits per heavy atom. The lowest BCUT2D eigenvalue weighted by Gasteiger charge is -2.12. The van der Waals surface area contributed by atoms with Crippen LogP contribution in [0.5, 0.6) is 0 Å². The lowest BCUT2D eigenvalue weighted by molar-refractivity contribution is 0.412. The zero-order valence-electron chi connectivity index (χ0n) is 11.7. The molecule has 0 saturated heterocycles. The molecule has 1 saturated carbocycles. The Labute approximate surface area is 118 Å². The molecule has 0 radical (unpaired) electrons. The molecule has 0 bridgehead atoms. The fraction of sp³-hybridized carbons (Fsp3) is 0.500. The van der Waals surface area contributed by atoms with Crippen molar-refractivity contribution in [1.29, 1.82) is 0 Å².